The molecule has 0 radical (unpaired) electrons. The number of nitrogens with zero attached hydrogens (tertiary/aromatic N) is 1. The van der Waals surface area contributed by atoms with Crippen LogP contribution in [-0.2, 0) is 0 Å². The monoisotopic (exact) mass is 249 g/mol. The van der Waals surface area contributed by atoms with E-state index in [4.69, 9.17) is 11.5 Å². The first-order valence-electron chi connectivity index (χ1n) is 4.45. The van der Waals surface area contributed by atoms with Crippen molar-refractivity contribution in [1.82, 2.24) is 0 Å². The Morgan fingerprint density at radius 2 is 2.12 bits per heavy atom. The first kappa shape index (κ1) is 14.8. The fraction of sp³-hybridized carbons (Fsp3) is 0.333. The number of rotatable bonds is 4. The van der Waals surface area contributed by atoms with Crippen LogP contribution < -0.4 is 11.5 Å². The second-order valence-electron chi connectivity index (χ2n) is 3.15. The van der Waals surface area contributed by atoms with E-state index < -0.39 is 22.5 Å². The van der Waals surface area contributed by atoms with Crippen LogP contribution in [0.2, 0.25) is 0 Å². The summed E-state index contributed by atoms with van der Waals surface area (Å²) in [6.07, 6.45) is 0.503. The summed E-state index contributed by atoms with van der Waals surface area (Å²) < 4.78 is 13.0. The van der Waals surface area contributed by atoms with Gasteiger partial charge in [-0.2, -0.15) is 4.39 Å². The zero-order chi connectivity index (χ0) is 11.4. The molecule has 0 aliphatic rings. The van der Waals surface area contributed by atoms with Crippen molar-refractivity contribution in [2.45, 2.75) is 12.5 Å². The number of hydrogen-bond acceptors (Lipinski definition) is 4. The van der Waals surface area contributed by atoms with E-state index in [-0.39, 0.29) is 12.4 Å². The third-order valence-electron chi connectivity index (χ3n) is 2.07. The molecule has 1 atom stereocenters. The molecule has 0 saturated heterocycles. The molecule has 7 heteroatoms. The maximum atomic E-state index is 13.0. The van der Waals surface area contributed by atoms with Crippen LogP contribution >= 0.6 is 12.4 Å². The van der Waals surface area contributed by atoms with Gasteiger partial charge in [0.15, 0.2) is 0 Å². The summed E-state index contributed by atoms with van der Waals surface area (Å²) in [5, 5.41) is 10.5. The van der Waals surface area contributed by atoms with E-state index in [0.29, 0.717) is 18.5 Å². The van der Waals surface area contributed by atoms with Gasteiger partial charge >= 0.3 is 5.69 Å². The van der Waals surface area contributed by atoms with E-state index in [1.165, 1.54) is 6.07 Å². The molecule has 0 aliphatic carbocycles. The van der Waals surface area contributed by atoms with E-state index >= 15 is 0 Å². The third kappa shape index (κ3) is 3.41. The van der Waals surface area contributed by atoms with Crippen molar-refractivity contribution in [3.8, 4) is 0 Å². The molecule has 1 aromatic rings. The van der Waals surface area contributed by atoms with Gasteiger partial charge in [-0.05, 0) is 24.6 Å². The van der Waals surface area contributed by atoms with Crippen LogP contribution in [-0.4, -0.2) is 11.5 Å². The Labute approximate surface area is 98.2 Å². The lowest BCUT2D eigenvalue weighted by atomic mass is 10.0. The van der Waals surface area contributed by atoms with Gasteiger partial charge in [-0.25, -0.2) is 0 Å². The highest BCUT2D eigenvalue weighted by Gasteiger charge is 2.16. The molecule has 1 aromatic carbocycles. The number of nitro benzene ring substituents is 1. The molecule has 0 heterocycles. The number of hydrogen-bond donors (Lipinski definition) is 2. The number of benzene rings is 1. The van der Waals surface area contributed by atoms with Crippen molar-refractivity contribution >= 4 is 18.1 Å². The molecule has 0 aromatic heterocycles. The average molecular weight is 250 g/mol. The summed E-state index contributed by atoms with van der Waals surface area (Å²) in [5.41, 5.74) is 11.0. The Hall–Kier alpha value is -1.24. The Bertz CT molecular complexity index is 376. The van der Waals surface area contributed by atoms with Crippen molar-refractivity contribution in [3.63, 3.8) is 0 Å². The van der Waals surface area contributed by atoms with Crippen molar-refractivity contribution in [2.75, 3.05) is 6.54 Å². The van der Waals surface area contributed by atoms with Crippen LogP contribution in [0.1, 0.15) is 18.0 Å². The minimum absolute atomic E-state index is 0. The fourth-order valence-electron chi connectivity index (χ4n) is 1.25. The molecule has 0 spiro atoms. The molecule has 16 heavy (non-hydrogen) atoms. The molecular formula is C9H13ClFN3O2. The van der Waals surface area contributed by atoms with Gasteiger partial charge in [0, 0.05) is 12.1 Å². The quantitative estimate of drug-likeness (QED) is 0.624. The van der Waals surface area contributed by atoms with Gasteiger partial charge < -0.3 is 11.5 Å². The Kier molecular flexibility index (Phi) is 5.87. The predicted molar refractivity (Wildman–Crippen MR) is 60.9 cm³/mol. The number of nitro groups is 1. The molecule has 90 valence electrons. The maximum Gasteiger partial charge on any atom is 0.305 e. The van der Waals surface area contributed by atoms with Crippen molar-refractivity contribution in [1.29, 1.82) is 0 Å². The molecule has 0 amide bonds. The highest BCUT2D eigenvalue weighted by molar-refractivity contribution is 5.85. The standard InChI is InChI=1S/C9H12FN3O2.ClH/c10-7-2-1-6(8(12)3-4-11)5-9(7)13(14)15;/h1-2,5,8H,3-4,11-12H2;1H/t8-;/m0./s1. The lowest BCUT2D eigenvalue weighted by Gasteiger charge is -2.10. The van der Waals surface area contributed by atoms with Gasteiger partial charge in [-0.1, -0.05) is 6.07 Å². The van der Waals surface area contributed by atoms with Crippen molar-refractivity contribution < 1.29 is 9.31 Å². The Morgan fingerprint density at radius 1 is 1.50 bits per heavy atom. The zero-order valence-corrected chi connectivity index (χ0v) is 9.24. The molecule has 0 aliphatic heterocycles. The van der Waals surface area contributed by atoms with Crippen LogP contribution in [0, 0.1) is 15.9 Å². The van der Waals surface area contributed by atoms with Gasteiger partial charge in [0.1, 0.15) is 0 Å². The SMILES string of the molecule is Cl.NCC[C@H](N)c1ccc(F)c([N+](=O)[O-])c1. The van der Waals surface area contributed by atoms with Crippen LogP contribution in [0.3, 0.4) is 0 Å². The number of nitrogens with two attached hydrogens (primary N) is 2. The van der Waals surface area contributed by atoms with Crippen LogP contribution in [0.5, 0.6) is 0 Å². The van der Waals surface area contributed by atoms with Crippen molar-refractivity contribution in [3.05, 3.63) is 39.7 Å². The smallest absolute Gasteiger partial charge is 0.305 e. The fourth-order valence-corrected chi connectivity index (χ4v) is 1.25. The van der Waals surface area contributed by atoms with E-state index in [1.54, 1.807) is 0 Å². The van der Waals surface area contributed by atoms with E-state index in [1.807, 2.05) is 0 Å². The summed E-state index contributed by atoms with van der Waals surface area (Å²) >= 11 is 0. The highest BCUT2D eigenvalue weighted by atomic mass is 35.5. The maximum absolute atomic E-state index is 13.0. The normalized spacial score (nSPS) is 11.7. The lowest BCUT2D eigenvalue weighted by Crippen LogP contribution is -2.15. The molecule has 0 unspecified atom stereocenters. The van der Waals surface area contributed by atoms with Gasteiger partial charge in [-0.15, -0.1) is 12.4 Å². The van der Waals surface area contributed by atoms with E-state index in [2.05, 4.69) is 0 Å². The third-order valence-corrected chi connectivity index (χ3v) is 2.07. The molecule has 0 bridgehead atoms. The summed E-state index contributed by atoms with van der Waals surface area (Å²) in [6, 6.07) is 3.23. The number of halogens is 2. The van der Waals surface area contributed by atoms with Crippen LogP contribution in [0.15, 0.2) is 18.2 Å². The second kappa shape index (κ2) is 6.37. The average Bonchev–Trinajstić information content (AvgIpc) is 2.18. The molecule has 4 N–H and O–H groups in total. The lowest BCUT2D eigenvalue weighted by molar-refractivity contribution is -0.387. The second-order valence-corrected chi connectivity index (χ2v) is 3.15. The van der Waals surface area contributed by atoms with Crippen molar-refractivity contribution in [2.24, 2.45) is 11.5 Å². The molecular weight excluding hydrogens is 237 g/mol. The first-order chi connectivity index (χ1) is 7.06. The minimum atomic E-state index is -0.858. The van der Waals surface area contributed by atoms with Gasteiger partial charge in [0.2, 0.25) is 5.82 Å². The summed E-state index contributed by atoms with van der Waals surface area (Å²) in [6.45, 7) is 0.381. The minimum Gasteiger partial charge on any atom is -0.330 e. The predicted octanol–water partition coefficient (Wildman–Crippen LogP) is 1.50. The van der Waals surface area contributed by atoms with Gasteiger partial charge in [0.25, 0.3) is 0 Å². The largest absolute Gasteiger partial charge is 0.330 e. The summed E-state index contributed by atoms with van der Waals surface area (Å²) in [4.78, 5) is 9.68. The molecule has 0 saturated carbocycles. The van der Waals surface area contributed by atoms with Gasteiger partial charge in [0.05, 0.1) is 4.92 Å². The molecule has 1 rings (SSSR count). The Balaban J connectivity index is 0.00000225. The molecule has 5 nitrogen and oxygen atoms in total. The highest BCUT2D eigenvalue weighted by Crippen LogP contribution is 2.22. The van der Waals surface area contributed by atoms with Crippen LogP contribution in [0.4, 0.5) is 10.1 Å². The summed E-state index contributed by atoms with van der Waals surface area (Å²) in [5.74, 6) is -0.858. The van der Waals surface area contributed by atoms with Gasteiger partial charge in [-0.3, -0.25) is 10.1 Å². The first-order valence-corrected chi connectivity index (χ1v) is 4.45. The topological polar surface area (TPSA) is 95.2 Å². The Morgan fingerprint density at radius 3 is 2.62 bits per heavy atom. The summed E-state index contributed by atoms with van der Waals surface area (Å²) in [7, 11) is 0. The van der Waals surface area contributed by atoms with E-state index in [9.17, 15) is 14.5 Å². The molecule has 0 fully saturated rings. The van der Waals surface area contributed by atoms with E-state index in [0.717, 1.165) is 12.1 Å². The zero-order valence-electron chi connectivity index (χ0n) is 8.43. The van der Waals surface area contributed by atoms with Crippen LogP contribution in [0.25, 0.3) is 0 Å².